The maximum Gasteiger partial charge on any atom is 0.227 e. The van der Waals surface area contributed by atoms with Gasteiger partial charge in [-0.05, 0) is 70.5 Å². The van der Waals surface area contributed by atoms with E-state index in [1.807, 2.05) is 12.1 Å². The van der Waals surface area contributed by atoms with Crippen molar-refractivity contribution in [3.8, 4) is 11.5 Å². The molecular formula is C27H37N7O2. The fourth-order valence-corrected chi connectivity index (χ4v) is 5.33. The Bertz CT molecular complexity index is 1180. The molecule has 0 unspecified atom stereocenters. The number of aromatic nitrogens is 4. The number of benzene rings is 1. The van der Waals surface area contributed by atoms with Gasteiger partial charge in [-0.2, -0.15) is 10.1 Å². The zero-order chi connectivity index (χ0) is 24.3. The van der Waals surface area contributed by atoms with Gasteiger partial charge in [-0.1, -0.05) is 0 Å². The van der Waals surface area contributed by atoms with Gasteiger partial charge >= 0.3 is 0 Å². The van der Waals surface area contributed by atoms with Gasteiger partial charge < -0.3 is 24.6 Å². The molecule has 1 aromatic carbocycles. The van der Waals surface area contributed by atoms with Gasteiger partial charge in [-0.25, -0.2) is 4.98 Å². The lowest BCUT2D eigenvalue weighted by Gasteiger charge is -2.27. The molecule has 9 nitrogen and oxygen atoms in total. The van der Waals surface area contributed by atoms with Crippen LogP contribution in [0.1, 0.15) is 63.0 Å². The van der Waals surface area contributed by atoms with Crippen molar-refractivity contribution < 1.29 is 9.47 Å². The number of aromatic amines is 1. The van der Waals surface area contributed by atoms with Crippen LogP contribution >= 0.6 is 0 Å². The second kappa shape index (κ2) is 10.5. The standard InChI is InChI=1S/C27H37N7O2/c1-35-23-16-20-22(17-24(23)36-15-7-12-33-10-5-6-11-33)28-27(34-13-3-2-4-14-34)30-26(20)29-25-18-21(31-32-25)19-8-9-19/h16-19H,2-15H2,1H3,(H2,28,29,30,31,32). The lowest BCUT2D eigenvalue weighted by atomic mass is 10.1. The van der Waals surface area contributed by atoms with Crippen LogP contribution in [0.4, 0.5) is 17.6 Å². The highest BCUT2D eigenvalue weighted by Gasteiger charge is 2.26. The molecule has 3 fully saturated rings. The first kappa shape index (κ1) is 23.3. The minimum absolute atomic E-state index is 0.615. The Labute approximate surface area is 212 Å². The molecule has 2 N–H and O–H groups in total. The normalized spacial score (nSPS) is 18.6. The Morgan fingerprint density at radius 3 is 2.56 bits per heavy atom. The summed E-state index contributed by atoms with van der Waals surface area (Å²) in [5, 5.41) is 12.0. The van der Waals surface area contributed by atoms with Crippen LogP contribution < -0.4 is 19.7 Å². The average molecular weight is 492 g/mol. The van der Waals surface area contributed by atoms with Crippen molar-refractivity contribution in [3.05, 3.63) is 23.9 Å². The smallest absolute Gasteiger partial charge is 0.227 e. The van der Waals surface area contributed by atoms with Gasteiger partial charge in [0.2, 0.25) is 5.95 Å². The van der Waals surface area contributed by atoms with E-state index in [0.29, 0.717) is 18.3 Å². The van der Waals surface area contributed by atoms with E-state index in [1.54, 1.807) is 7.11 Å². The van der Waals surface area contributed by atoms with E-state index in [4.69, 9.17) is 19.4 Å². The summed E-state index contributed by atoms with van der Waals surface area (Å²) in [7, 11) is 1.68. The third-order valence-corrected chi connectivity index (χ3v) is 7.54. The number of rotatable bonds is 10. The third kappa shape index (κ3) is 5.21. The van der Waals surface area contributed by atoms with Crippen molar-refractivity contribution in [1.29, 1.82) is 0 Å². The molecule has 2 aliphatic heterocycles. The van der Waals surface area contributed by atoms with Gasteiger partial charge in [-0.15, -0.1) is 0 Å². The van der Waals surface area contributed by atoms with E-state index < -0.39 is 0 Å². The number of likely N-dealkylation sites (tertiary alicyclic amines) is 1. The number of H-pyrrole nitrogens is 1. The van der Waals surface area contributed by atoms with E-state index in [9.17, 15) is 0 Å². The Balaban J connectivity index is 1.28. The van der Waals surface area contributed by atoms with E-state index in [1.165, 1.54) is 63.7 Å². The predicted octanol–water partition coefficient (Wildman–Crippen LogP) is 4.84. The summed E-state index contributed by atoms with van der Waals surface area (Å²) >= 11 is 0. The Morgan fingerprint density at radius 2 is 1.78 bits per heavy atom. The van der Waals surface area contributed by atoms with Crippen molar-refractivity contribution in [2.24, 2.45) is 0 Å². The molecule has 2 aromatic heterocycles. The summed E-state index contributed by atoms with van der Waals surface area (Å²) in [6, 6.07) is 6.09. The fourth-order valence-electron chi connectivity index (χ4n) is 5.33. The molecule has 0 spiro atoms. The van der Waals surface area contributed by atoms with Crippen LogP contribution in [0.25, 0.3) is 10.9 Å². The number of piperidine rings is 1. The van der Waals surface area contributed by atoms with Gasteiger partial charge in [0.1, 0.15) is 5.82 Å². The van der Waals surface area contributed by atoms with Gasteiger partial charge in [0.25, 0.3) is 0 Å². The molecular weight excluding hydrogens is 454 g/mol. The Kier molecular flexibility index (Phi) is 6.81. The molecule has 0 atom stereocenters. The molecule has 6 rings (SSSR count). The van der Waals surface area contributed by atoms with Gasteiger partial charge in [0, 0.05) is 48.8 Å². The van der Waals surface area contributed by atoms with Crippen LogP contribution in [-0.2, 0) is 0 Å². The van der Waals surface area contributed by atoms with E-state index in [-0.39, 0.29) is 0 Å². The molecule has 0 amide bonds. The van der Waals surface area contributed by atoms with Crippen molar-refractivity contribution in [2.75, 3.05) is 56.7 Å². The average Bonchev–Trinajstić information content (AvgIpc) is 3.43. The summed E-state index contributed by atoms with van der Waals surface area (Å²) in [5.41, 5.74) is 2.04. The number of ether oxygens (including phenoxy) is 2. The largest absolute Gasteiger partial charge is 0.493 e. The van der Waals surface area contributed by atoms with Crippen molar-refractivity contribution in [2.45, 2.75) is 57.3 Å². The molecule has 3 aliphatic rings. The molecule has 36 heavy (non-hydrogen) atoms. The molecule has 4 heterocycles. The first-order valence-corrected chi connectivity index (χ1v) is 13.6. The second-order valence-corrected chi connectivity index (χ2v) is 10.3. The number of nitrogens with one attached hydrogen (secondary N) is 2. The van der Waals surface area contributed by atoms with E-state index >= 15 is 0 Å². The van der Waals surface area contributed by atoms with Gasteiger partial charge in [-0.3, -0.25) is 5.10 Å². The summed E-state index contributed by atoms with van der Waals surface area (Å²) in [5.74, 6) is 4.33. The van der Waals surface area contributed by atoms with Crippen LogP contribution in [0, 0.1) is 0 Å². The quantitative estimate of drug-likeness (QED) is 0.390. The molecule has 0 bridgehead atoms. The fraction of sp³-hybridized carbons (Fsp3) is 0.593. The first-order valence-electron chi connectivity index (χ1n) is 13.6. The molecule has 3 aromatic rings. The summed E-state index contributed by atoms with van der Waals surface area (Å²) in [6.07, 6.45) is 9.69. The van der Waals surface area contributed by atoms with E-state index in [0.717, 1.165) is 60.3 Å². The predicted molar refractivity (Wildman–Crippen MR) is 142 cm³/mol. The molecule has 192 valence electrons. The van der Waals surface area contributed by atoms with Crippen molar-refractivity contribution >= 4 is 28.5 Å². The maximum absolute atomic E-state index is 6.21. The van der Waals surface area contributed by atoms with Crippen molar-refractivity contribution in [3.63, 3.8) is 0 Å². The van der Waals surface area contributed by atoms with E-state index in [2.05, 4.69) is 31.4 Å². The second-order valence-electron chi connectivity index (χ2n) is 10.3. The number of anilines is 3. The van der Waals surface area contributed by atoms with Crippen LogP contribution in [0.15, 0.2) is 18.2 Å². The lowest BCUT2D eigenvalue weighted by molar-refractivity contribution is 0.254. The van der Waals surface area contributed by atoms with Crippen LogP contribution in [-0.4, -0.2) is 71.5 Å². The summed E-state index contributed by atoms with van der Waals surface area (Å²) in [4.78, 5) is 14.7. The minimum Gasteiger partial charge on any atom is -0.493 e. The highest BCUT2D eigenvalue weighted by Crippen LogP contribution is 2.40. The Morgan fingerprint density at radius 1 is 0.972 bits per heavy atom. The van der Waals surface area contributed by atoms with Crippen LogP contribution in [0.3, 0.4) is 0 Å². The highest BCUT2D eigenvalue weighted by atomic mass is 16.5. The molecule has 1 aliphatic carbocycles. The van der Waals surface area contributed by atoms with Gasteiger partial charge in [0.15, 0.2) is 17.3 Å². The molecule has 1 saturated carbocycles. The monoisotopic (exact) mass is 491 g/mol. The lowest BCUT2D eigenvalue weighted by Crippen LogP contribution is -2.31. The van der Waals surface area contributed by atoms with Crippen LogP contribution in [0.5, 0.6) is 11.5 Å². The zero-order valence-corrected chi connectivity index (χ0v) is 21.3. The van der Waals surface area contributed by atoms with Crippen LogP contribution in [0.2, 0.25) is 0 Å². The number of nitrogens with zero attached hydrogens (tertiary/aromatic N) is 5. The summed E-state index contributed by atoms with van der Waals surface area (Å²) in [6.45, 7) is 6.12. The van der Waals surface area contributed by atoms with Gasteiger partial charge in [0.05, 0.1) is 19.2 Å². The topological polar surface area (TPSA) is 91.4 Å². The SMILES string of the molecule is COc1cc2c(Nc3cc(C4CC4)[nH]n3)nc(N3CCCCC3)nc2cc1OCCCN1CCCC1. The molecule has 2 saturated heterocycles. The highest BCUT2D eigenvalue weighted by molar-refractivity contribution is 5.94. The minimum atomic E-state index is 0.615. The number of hydrogen-bond acceptors (Lipinski definition) is 8. The maximum atomic E-state index is 6.21. The first-order chi connectivity index (χ1) is 17.8. The summed E-state index contributed by atoms with van der Waals surface area (Å²) < 4.78 is 11.9. The third-order valence-electron chi connectivity index (χ3n) is 7.54. The molecule has 9 heteroatoms. The number of hydrogen-bond donors (Lipinski definition) is 2. The molecule has 0 radical (unpaired) electrons. The number of fused-ring (bicyclic) bond motifs is 1. The Hall–Kier alpha value is -3.07. The zero-order valence-electron chi connectivity index (χ0n) is 21.3. The number of methoxy groups -OCH3 is 1. The van der Waals surface area contributed by atoms with Crippen molar-refractivity contribution in [1.82, 2.24) is 25.1 Å².